The van der Waals surface area contributed by atoms with Crippen LogP contribution in [0.1, 0.15) is 38.1 Å². The van der Waals surface area contributed by atoms with Gasteiger partial charge in [0.2, 0.25) is 0 Å². The van der Waals surface area contributed by atoms with Crippen LogP contribution in [0.4, 0.5) is 0 Å². The van der Waals surface area contributed by atoms with Crippen molar-refractivity contribution in [3.63, 3.8) is 0 Å². The third-order valence-electron chi connectivity index (χ3n) is 5.48. The number of benzene rings is 3. The van der Waals surface area contributed by atoms with E-state index in [9.17, 15) is 4.79 Å². The second kappa shape index (κ2) is 11.6. The van der Waals surface area contributed by atoms with E-state index in [1.807, 2.05) is 55.5 Å². The molecule has 0 aliphatic carbocycles. The Bertz CT molecular complexity index is 1120. The van der Waals surface area contributed by atoms with Crippen LogP contribution in [-0.2, 0) is 4.74 Å². The molecular weight excluding hydrogens is 448 g/mol. The molecule has 0 saturated heterocycles. The summed E-state index contributed by atoms with van der Waals surface area (Å²) in [7, 11) is 3.20. The number of carbonyl (C=O) groups excluding carboxylic acids is 1. The van der Waals surface area contributed by atoms with Gasteiger partial charge in [-0.25, -0.2) is 0 Å². The number of rotatable bonds is 11. The zero-order chi connectivity index (χ0) is 24.7. The van der Waals surface area contributed by atoms with Gasteiger partial charge in [0.25, 0.3) is 0 Å². The Hall–Kier alpha value is -2.70. The van der Waals surface area contributed by atoms with Gasteiger partial charge in [-0.1, -0.05) is 45.0 Å². The van der Waals surface area contributed by atoms with Crippen LogP contribution in [-0.4, -0.2) is 44.2 Å². The Labute approximate surface area is 206 Å². The van der Waals surface area contributed by atoms with Crippen molar-refractivity contribution in [3.05, 3.63) is 60.2 Å². The van der Waals surface area contributed by atoms with Crippen molar-refractivity contribution in [1.82, 2.24) is 0 Å². The molecule has 3 aromatic carbocycles. The van der Waals surface area contributed by atoms with Gasteiger partial charge in [0, 0.05) is 29.4 Å². The van der Waals surface area contributed by atoms with Crippen molar-refractivity contribution in [2.45, 2.75) is 32.9 Å². The van der Waals surface area contributed by atoms with E-state index < -0.39 is 0 Å². The molecule has 3 aromatic rings. The third-order valence-corrected chi connectivity index (χ3v) is 7.14. The smallest absolute Gasteiger partial charge is 0.176 e. The Morgan fingerprint density at radius 1 is 0.912 bits per heavy atom. The quantitative estimate of drug-likeness (QED) is 0.216. The van der Waals surface area contributed by atoms with Gasteiger partial charge in [-0.3, -0.25) is 4.79 Å². The average molecular weight is 483 g/mol. The fraction of sp³-hybridized carbons (Fsp3) is 0.393. The molecule has 0 heterocycles. The summed E-state index contributed by atoms with van der Waals surface area (Å²) in [4.78, 5) is 13.8. The SMILES string of the molecule is CCOCCSC(C(=O)c1ccc(Oc2ccc(OC)cc2OC)c2ccccc12)C(C)(C)C. The number of carbonyl (C=O) groups is 1. The molecule has 0 N–H and O–H groups in total. The van der Waals surface area contributed by atoms with E-state index in [0.29, 0.717) is 41.8 Å². The highest BCUT2D eigenvalue weighted by atomic mass is 32.2. The minimum atomic E-state index is -0.194. The van der Waals surface area contributed by atoms with Gasteiger partial charge in [0.05, 0.1) is 26.1 Å². The largest absolute Gasteiger partial charge is 0.497 e. The lowest BCUT2D eigenvalue weighted by atomic mass is 9.86. The Morgan fingerprint density at radius 3 is 2.26 bits per heavy atom. The van der Waals surface area contributed by atoms with E-state index in [0.717, 1.165) is 16.5 Å². The molecule has 0 saturated carbocycles. The van der Waals surface area contributed by atoms with Gasteiger partial charge in [-0.05, 0) is 42.0 Å². The number of thioether (sulfide) groups is 1. The summed E-state index contributed by atoms with van der Waals surface area (Å²) in [5.41, 5.74) is 0.509. The molecular formula is C28H34O5S. The molecule has 0 bridgehead atoms. The number of ether oxygens (including phenoxy) is 4. The standard InChI is InChI=1S/C28H34O5S/c1-7-32-16-17-34-27(28(2,3)4)26(29)22-13-15-23(21-11-9-8-10-20(21)22)33-24-14-12-19(30-5)18-25(24)31-6/h8-15,18,27H,7,16-17H2,1-6H3. The van der Waals surface area contributed by atoms with Gasteiger partial charge < -0.3 is 18.9 Å². The highest BCUT2D eigenvalue weighted by Crippen LogP contribution is 2.40. The van der Waals surface area contributed by atoms with Crippen LogP contribution in [0, 0.1) is 5.41 Å². The summed E-state index contributed by atoms with van der Waals surface area (Å²) in [6, 6.07) is 17.0. The summed E-state index contributed by atoms with van der Waals surface area (Å²) in [6.45, 7) is 9.63. The summed E-state index contributed by atoms with van der Waals surface area (Å²) in [6.07, 6.45) is 0. The van der Waals surface area contributed by atoms with Crippen LogP contribution < -0.4 is 14.2 Å². The topological polar surface area (TPSA) is 54.0 Å². The first-order chi connectivity index (χ1) is 16.3. The normalized spacial score (nSPS) is 12.4. The number of methoxy groups -OCH3 is 2. The third kappa shape index (κ3) is 6.05. The van der Waals surface area contributed by atoms with Gasteiger partial charge >= 0.3 is 0 Å². The van der Waals surface area contributed by atoms with Crippen molar-refractivity contribution >= 4 is 28.3 Å². The van der Waals surface area contributed by atoms with E-state index in [-0.39, 0.29) is 16.4 Å². The number of hydrogen-bond acceptors (Lipinski definition) is 6. The lowest BCUT2D eigenvalue weighted by Gasteiger charge is -2.29. The molecule has 0 amide bonds. The van der Waals surface area contributed by atoms with Crippen molar-refractivity contribution in [3.8, 4) is 23.0 Å². The number of ketones is 1. The van der Waals surface area contributed by atoms with Crippen LogP contribution in [0.2, 0.25) is 0 Å². The number of Topliss-reactive ketones (excluding diaryl/α,β-unsaturated/α-hetero) is 1. The minimum absolute atomic E-state index is 0.124. The molecule has 6 heteroatoms. The highest BCUT2D eigenvalue weighted by molar-refractivity contribution is 8.00. The molecule has 0 aromatic heterocycles. The average Bonchev–Trinajstić information content (AvgIpc) is 2.83. The molecule has 0 radical (unpaired) electrons. The van der Waals surface area contributed by atoms with Gasteiger partial charge in [0.1, 0.15) is 11.5 Å². The number of fused-ring (bicyclic) bond motifs is 1. The zero-order valence-corrected chi connectivity index (χ0v) is 21.7. The zero-order valence-electron chi connectivity index (χ0n) is 20.8. The summed E-state index contributed by atoms with van der Waals surface area (Å²) in [5.74, 6) is 3.39. The maximum absolute atomic E-state index is 13.8. The summed E-state index contributed by atoms with van der Waals surface area (Å²) >= 11 is 1.66. The van der Waals surface area contributed by atoms with Crippen LogP contribution >= 0.6 is 11.8 Å². The van der Waals surface area contributed by atoms with E-state index in [4.69, 9.17) is 18.9 Å². The summed E-state index contributed by atoms with van der Waals surface area (Å²) in [5, 5.41) is 1.56. The molecule has 0 fully saturated rings. The molecule has 3 rings (SSSR count). The Kier molecular flexibility index (Phi) is 8.86. The van der Waals surface area contributed by atoms with Crippen LogP contribution in [0.25, 0.3) is 10.8 Å². The second-order valence-corrected chi connectivity index (χ2v) is 10.2. The fourth-order valence-electron chi connectivity index (χ4n) is 3.78. The fourth-order valence-corrected chi connectivity index (χ4v) is 5.01. The highest BCUT2D eigenvalue weighted by Gasteiger charge is 2.33. The predicted octanol–water partition coefficient (Wildman–Crippen LogP) is 7.02. The Morgan fingerprint density at radius 2 is 1.62 bits per heavy atom. The molecule has 1 atom stereocenters. The maximum atomic E-state index is 13.8. The predicted molar refractivity (Wildman–Crippen MR) is 140 cm³/mol. The minimum Gasteiger partial charge on any atom is -0.497 e. The molecule has 0 spiro atoms. The second-order valence-electron chi connectivity index (χ2n) is 8.95. The van der Waals surface area contributed by atoms with Crippen molar-refractivity contribution < 1.29 is 23.7 Å². The monoisotopic (exact) mass is 482 g/mol. The van der Waals surface area contributed by atoms with E-state index in [1.165, 1.54) is 0 Å². The first-order valence-electron chi connectivity index (χ1n) is 11.4. The lowest BCUT2D eigenvalue weighted by molar-refractivity contribution is 0.0952. The molecule has 0 aliphatic rings. The maximum Gasteiger partial charge on any atom is 0.176 e. The number of hydrogen-bond donors (Lipinski definition) is 0. The summed E-state index contributed by atoms with van der Waals surface area (Å²) < 4.78 is 22.5. The first-order valence-corrected chi connectivity index (χ1v) is 12.5. The molecule has 0 aliphatic heterocycles. The van der Waals surface area contributed by atoms with Crippen molar-refractivity contribution in [2.24, 2.45) is 5.41 Å². The first kappa shape index (κ1) is 25.9. The van der Waals surface area contributed by atoms with E-state index in [1.54, 1.807) is 32.0 Å². The molecule has 34 heavy (non-hydrogen) atoms. The van der Waals surface area contributed by atoms with Crippen molar-refractivity contribution in [1.29, 1.82) is 0 Å². The lowest BCUT2D eigenvalue weighted by Crippen LogP contribution is -2.32. The molecule has 5 nitrogen and oxygen atoms in total. The van der Waals surface area contributed by atoms with E-state index in [2.05, 4.69) is 20.8 Å². The van der Waals surface area contributed by atoms with E-state index >= 15 is 0 Å². The molecule has 182 valence electrons. The van der Waals surface area contributed by atoms with Gasteiger partial charge in [-0.15, -0.1) is 11.8 Å². The van der Waals surface area contributed by atoms with Gasteiger partial charge in [-0.2, -0.15) is 0 Å². The van der Waals surface area contributed by atoms with Crippen LogP contribution in [0.3, 0.4) is 0 Å². The molecule has 1 unspecified atom stereocenters. The van der Waals surface area contributed by atoms with Gasteiger partial charge in [0.15, 0.2) is 17.3 Å². The van der Waals surface area contributed by atoms with Crippen LogP contribution in [0.15, 0.2) is 54.6 Å². The van der Waals surface area contributed by atoms with Crippen LogP contribution in [0.5, 0.6) is 23.0 Å². The Balaban J connectivity index is 1.97. The van der Waals surface area contributed by atoms with Crippen molar-refractivity contribution in [2.75, 3.05) is 33.2 Å².